The van der Waals surface area contributed by atoms with Gasteiger partial charge < -0.3 is 25.3 Å². The minimum atomic E-state index is -0.229. The first kappa shape index (κ1) is 14.6. The van der Waals surface area contributed by atoms with E-state index in [0.717, 1.165) is 40.6 Å². The minimum Gasteiger partial charge on any atom is -0.376 e. The molecule has 2 aromatic rings. The van der Waals surface area contributed by atoms with E-state index in [1.807, 2.05) is 12.1 Å². The Morgan fingerprint density at radius 2 is 2.19 bits per heavy atom. The highest BCUT2D eigenvalue weighted by molar-refractivity contribution is 9.10. The molecule has 6 nitrogen and oxygen atoms in total. The van der Waals surface area contributed by atoms with Crippen LogP contribution in [0, 0.1) is 0 Å². The molecule has 2 heterocycles. The third-order valence-electron chi connectivity index (χ3n) is 3.37. The highest BCUT2D eigenvalue weighted by Crippen LogP contribution is 2.26. The van der Waals surface area contributed by atoms with E-state index in [2.05, 4.69) is 36.5 Å². The Bertz CT molecular complexity index is 721. The zero-order valence-electron chi connectivity index (χ0n) is 11.2. The highest BCUT2D eigenvalue weighted by Gasteiger charge is 2.15. The third kappa shape index (κ3) is 3.45. The number of fused-ring (bicyclic) bond motifs is 1. The van der Waals surface area contributed by atoms with Gasteiger partial charge in [-0.15, -0.1) is 0 Å². The molecule has 1 fully saturated rings. The fourth-order valence-electron chi connectivity index (χ4n) is 2.33. The minimum absolute atomic E-state index is 0.229. The highest BCUT2D eigenvalue weighted by atomic mass is 79.9. The predicted molar refractivity (Wildman–Crippen MR) is 89.8 cm³/mol. The Morgan fingerprint density at radius 1 is 1.43 bits per heavy atom. The third-order valence-corrected chi connectivity index (χ3v) is 4.27. The lowest BCUT2D eigenvalue weighted by molar-refractivity contribution is 0.114. The molecule has 21 heavy (non-hydrogen) atoms. The van der Waals surface area contributed by atoms with Crippen LogP contribution < -0.4 is 16.3 Å². The van der Waals surface area contributed by atoms with Gasteiger partial charge in [0, 0.05) is 17.6 Å². The topological polar surface area (TPSA) is 81.9 Å². The number of hydrogen-bond donors (Lipinski definition) is 4. The molecule has 1 aliphatic heterocycles. The summed E-state index contributed by atoms with van der Waals surface area (Å²) >= 11 is 8.74. The monoisotopic (exact) mass is 370 g/mol. The Kier molecular flexibility index (Phi) is 4.27. The van der Waals surface area contributed by atoms with Crippen molar-refractivity contribution in [3.05, 3.63) is 27.1 Å². The number of anilines is 1. The first-order chi connectivity index (χ1) is 10.1. The molecule has 112 valence electrons. The summed E-state index contributed by atoms with van der Waals surface area (Å²) in [5, 5.41) is 6.80. The SMILES string of the molecule is O=c1[nH]c2cc(Br)c(NC(=S)NC[C@H]3CCCO3)cc2[nH]1. The lowest BCUT2D eigenvalue weighted by Gasteiger charge is -2.14. The van der Waals surface area contributed by atoms with Gasteiger partial charge in [-0.05, 0) is 53.1 Å². The van der Waals surface area contributed by atoms with Crippen molar-refractivity contribution in [2.24, 2.45) is 0 Å². The van der Waals surface area contributed by atoms with Crippen LogP contribution in [-0.4, -0.2) is 34.3 Å². The molecule has 0 aliphatic carbocycles. The lowest BCUT2D eigenvalue weighted by atomic mass is 10.2. The molecule has 0 bridgehead atoms. The molecule has 3 rings (SSSR count). The molecule has 1 atom stereocenters. The predicted octanol–water partition coefficient (Wildman–Crippen LogP) is 2.08. The van der Waals surface area contributed by atoms with E-state index in [1.165, 1.54) is 0 Å². The van der Waals surface area contributed by atoms with E-state index in [9.17, 15) is 4.79 Å². The molecule has 0 unspecified atom stereocenters. The molecular weight excluding hydrogens is 356 g/mol. The molecule has 8 heteroatoms. The number of aromatic amines is 2. The van der Waals surface area contributed by atoms with Crippen LogP contribution in [-0.2, 0) is 4.74 Å². The summed E-state index contributed by atoms with van der Waals surface area (Å²) in [4.78, 5) is 16.7. The van der Waals surface area contributed by atoms with E-state index < -0.39 is 0 Å². The zero-order valence-corrected chi connectivity index (χ0v) is 13.6. The normalized spacial score (nSPS) is 18.0. The quantitative estimate of drug-likeness (QED) is 0.622. The summed E-state index contributed by atoms with van der Waals surface area (Å²) in [5.41, 5.74) is 2.04. The Balaban J connectivity index is 1.67. The van der Waals surface area contributed by atoms with Gasteiger partial charge in [-0.25, -0.2) is 4.79 Å². The van der Waals surface area contributed by atoms with Gasteiger partial charge in [-0.3, -0.25) is 0 Å². The number of aromatic nitrogens is 2. The summed E-state index contributed by atoms with van der Waals surface area (Å²) < 4.78 is 6.36. The summed E-state index contributed by atoms with van der Waals surface area (Å²) in [6, 6.07) is 3.66. The number of ether oxygens (including phenoxy) is 1. The maximum absolute atomic E-state index is 11.3. The van der Waals surface area contributed by atoms with Crippen molar-refractivity contribution in [3.8, 4) is 0 Å². The van der Waals surface area contributed by atoms with Crippen molar-refractivity contribution < 1.29 is 4.74 Å². The number of imidazole rings is 1. The van der Waals surface area contributed by atoms with E-state index in [-0.39, 0.29) is 11.8 Å². The number of halogens is 1. The molecular formula is C13H15BrN4O2S. The second kappa shape index (κ2) is 6.17. The lowest BCUT2D eigenvalue weighted by Crippen LogP contribution is -2.34. The van der Waals surface area contributed by atoms with Crippen LogP contribution in [0.4, 0.5) is 5.69 Å². The second-order valence-electron chi connectivity index (χ2n) is 4.93. The maximum atomic E-state index is 11.3. The Labute approximate surface area is 134 Å². The number of thiocarbonyl (C=S) groups is 1. The fourth-order valence-corrected chi connectivity index (χ4v) is 2.97. The van der Waals surface area contributed by atoms with Crippen molar-refractivity contribution in [2.75, 3.05) is 18.5 Å². The standard InChI is InChI=1S/C13H15BrN4O2S/c14-8-4-10-11(17-12(19)16-10)5-9(8)18-13(21)15-6-7-2-1-3-20-7/h4-5,7H,1-3,6H2,(H2,15,18,21)(H2,16,17,19)/t7-/m1/s1. The van der Waals surface area contributed by atoms with Gasteiger partial charge in [-0.1, -0.05) is 0 Å². The smallest absolute Gasteiger partial charge is 0.323 e. The van der Waals surface area contributed by atoms with Crippen LogP contribution >= 0.6 is 28.1 Å². The van der Waals surface area contributed by atoms with Crippen LogP contribution in [0.1, 0.15) is 12.8 Å². The summed E-state index contributed by atoms with van der Waals surface area (Å²) in [6.07, 6.45) is 2.41. The van der Waals surface area contributed by atoms with Gasteiger partial charge in [0.25, 0.3) is 0 Å². The summed E-state index contributed by atoms with van der Waals surface area (Å²) in [5.74, 6) is 0. The average Bonchev–Trinajstić information content (AvgIpc) is 3.05. The molecule has 0 radical (unpaired) electrons. The average molecular weight is 371 g/mol. The molecule has 1 saturated heterocycles. The molecule has 0 spiro atoms. The van der Waals surface area contributed by atoms with E-state index in [0.29, 0.717) is 11.7 Å². The largest absolute Gasteiger partial charge is 0.376 e. The van der Waals surface area contributed by atoms with Crippen LogP contribution in [0.5, 0.6) is 0 Å². The second-order valence-corrected chi connectivity index (χ2v) is 6.19. The number of H-pyrrole nitrogens is 2. The van der Waals surface area contributed by atoms with Crippen molar-refractivity contribution in [2.45, 2.75) is 18.9 Å². The number of benzene rings is 1. The molecule has 4 N–H and O–H groups in total. The van der Waals surface area contributed by atoms with Crippen molar-refractivity contribution in [1.29, 1.82) is 0 Å². The van der Waals surface area contributed by atoms with Crippen LogP contribution in [0.25, 0.3) is 11.0 Å². The van der Waals surface area contributed by atoms with Gasteiger partial charge in [-0.2, -0.15) is 0 Å². The van der Waals surface area contributed by atoms with Crippen molar-refractivity contribution in [3.63, 3.8) is 0 Å². The molecule has 1 aromatic heterocycles. The molecule has 1 aliphatic rings. The number of nitrogens with one attached hydrogen (secondary N) is 4. The van der Waals surface area contributed by atoms with Gasteiger partial charge >= 0.3 is 5.69 Å². The van der Waals surface area contributed by atoms with Crippen molar-refractivity contribution in [1.82, 2.24) is 15.3 Å². The van der Waals surface area contributed by atoms with Gasteiger partial charge in [0.2, 0.25) is 0 Å². The van der Waals surface area contributed by atoms with Crippen molar-refractivity contribution >= 4 is 50.0 Å². The maximum Gasteiger partial charge on any atom is 0.323 e. The molecule has 0 saturated carbocycles. The Hall–Kier alpha value is -1.38. The molecule has 1 aromatic carbocycles. The van der Waals surface area contributed by atoms with Gasteiger partial charge in [0.05, 0.1) is 22.8 Å². The number of hydrogen-bond acceptors (Lipinski definition) is 3. The Morgan fingerprint density at radius 3 is 2.90 bits per heavy atom. The van der Waals surface area contributed by atoms with E-state index in [4.69, 9.17) is 17.0 Å². The fraction of sp³-hybridized carbons (Fsp3) is 0.385. The molecule has 0 amide bonds. The zero-order chi connectivity index (χ0) is 14.8. The first-order valence-corrected chi connectivity index (χ1v) is 7.90. The van der Waals surface area contributed by atoms with Gasteiger partial charge in [0.15, 0.2) is 5.11 Å². The van der Waals surface area contributed by atoms with E-state index in [1.54, 1.807) is 0 Å². The van der Waals surface area contributed by atoms with E-state index >= 15 is 0 Å². The van der Waals surface area contributed by atoms with Gasteiger partial charge in [0.1, 0.15) is 0 Å². The number of rotatable bonds is 3. The first-order valence-electron chi connectivity index (χ1n) is 6.70. The van der Waals surface area contributed by atoms with Crippen LogP contribution in [0.2, 0.25) is 0 Å². The summed E-state index contributed by atoms with van der Waals surface area (Å²) in [6.45, 7) is 1.53. The van der Waals surface area contributed by atoms with Crippen LogP contribution in [0.3, 0.4) is 0 Å². The van der Waals surface area contributed by atoms with Crippen LogP contribution in [0.15, 0.2) is 21.4 Å². The summed E-state index contributed by atoms with van der Waals surface area (Å²) in [7, 11) is 0.